The second kappa shape index (κ2) is 6.26. The second-order valence-electron chi connectivity index (χ2n) is 5.49. The molecule has 110 valence electrons. The Balaban J connectivity index is 1.58. The van der Waals surface area contributed by atoms with Crippen LogP contribution in [0.2, 0.25) is 5.02 Å². The zero-order chi connectivity index (χ0) is 13.9. The lowest BCUT2D eigenvalue weighted by molar-refractivity contribution is 0.0183. The van der Waals surface area contributed by atoms with Crippen molar-refractivity contribution >= 4 is 17.4 Å². The van der Waals surface area contributed by atoms with Crippen molar-refractivity contribution in [2.24, 2.45) is 0 Å². The number of nitrogens with two attached hydrogens (primary N) is 1. The minimum absolute atomic E-state index is 0.535. The standard InChI is InChI=1S/C14H21ClN4O/c15-12-1-2-14(16)17-13(12)10-18-4-3-11(9-18)19-5-7-20-8-6-19/h1-2,11H,3-10H2,(H2,16,17). The van der Waals surface area contributed by atoms with Crippen molar-refractivity contribution in [2.75, 3.05) is 45.1 Å². The molecule has 2 fully saturated rings. The monoisotopic (exact) mass is 296 g/mol. The molecule has 0 bridgehead atoms. The number of nitrogen functional groups attached to an aromatic ring is 1. The van der Waals surface area contributed by atoms with Crippen LogP contribution in [-0.4, -0.2) is 60.2 Å². The molecule has 1 aromatic heterocycles. The lowest BCUT2D eigenvalue weighted by atomic mass is 10.2. The Morgan fingerprint density at radius 2 is 2.10 bits per heavy atom. The van der Waals surface area contributed by atoms with Gasteiger partial charge in [0.15, 0.2) is 0 Å². The predicted molar refractivity (Wildman–Crippen MR) is 79.7 cm³/mol. The summed E-state index contributed by atoms with van der Waals surface area (Å²) in [5, 5.41) is 0.703. The van der Waals surface area contributed by atoms with E-state index in [2.05, 4.69) is 14.8 Å². The summed E-state index contributed by atoms with van der Waals surface area (Å²) in [5.74, 6) is 0.535. The highest BCUT2D eigenvalue weighted by atomic mass is 35.5. The van der Waals surface area contributed by atoms with E-state index >= 15 is 0 Å². The molecule has 0 radical (unpaired) electrons. The van der Waals surface area contributed by atoms with Gasteiger partial charge >= 0.3 is 0 Å². The number of morpholine rings is 1. The minimum atomic E-state index is 0.535. The van der Waals surface area contributed by atoms with Crippen molar-refractivity contribution in [3.05, 3.63) is 22.8 Å². The summed E-state index contributed by atoms with van der Waals surface area (Å²) in [4.78, 5) is 9.29. The summed E-state index contributed by atoms with van der Waals surface area (Å²) in [6, 6.07) is 4.21. The van der Waals surface area contributed by atoms with Crippen molar-refractivity contribution in [1.82, 2.24) is 14.8 Å². The first-order valence-electron chi connectivity index (χ1n) is 7.17. The van der Waals surface area contributed by atoms with Crippen LogP contribution in [0.3, 0.4) is 0 Å². The molecule has 6 heteroatoms. The third kappa shape index (κ3) is 3.23. The normalized spacial score (nSPS) is 25.1. The highest BCUT2D eigenvalue weighted by molar-refractivity contribution is 6.31. The molecule has 0 aromatic carbocycles. The van der Waals surface area contributed by atoms with Crippen LogP contribution in [0, 0.1) is 0 Å². The number of hydrogen-bond donors (Lipinski definition) is 1. The molecule has 1 aromatic rings. The Kier molecular flexibility index (Phi) is 4.41. The van der Waals surface area contributed by atoms with Crippen LogP contribution in [0.15, 0.2) is 12.1 Å². The first-order chi connectivity index (χ1) is 9.72. The molecular weight excluding hydrogens is 276 g/mol. The van der Waals surface area contributed by atoms with Crippen LogP contribution in [0.5, 0.6) is 0 Å². The molecule has 2 saturated heterocycles. The van der Waals surface area contributed by atoms with Gasteiger partial charge in [-0.25, -0.2) is 4.98 Å². The molecule has 2 aliphatic heterocycles. The molecular formula is C14H21ClN4O. The number of pyridine rings is 1. The fraction of sp³-hybridized carbons (Fsp3) is 0.643. The van der Waals surface area contributed by atoms with Crippen molar-refractivity contribution in [3.8, 4) is 0 Å². The van der Waals surface area contributed by atoms with Gasteiger partial charge < -0.3 is 10.5 Å². The maximum absolute atomic E-state index is 6.19. The summed E-state index contributed by atoms with van der Waals surface area (Å²) in [5.41, 5.74) is 6.62. The fourth-order valence-electron chi connectivity index (χ4n) is 3.02. The number of anilines is 1. The van der Waals surface area contributed by atoms with Gasteiger partial charge in [0, 0.05) is 38.8 Å². The maximum atomic E-state index is 6.19. The van der Waals surface area contributed by atoms with E-state index < -0.39 is 0 Å². The lowest BCUT2D eigenvalue weighted by Crippen LogP contribution is -2.44. The molecule has 0 amide bonds. The number of aromatic nitrogens is 1. The maximum Gasteiger partial charge on any atom is 0.123 e. The van der Waals surface area contributed by atoms with Crippen LogP contribution in [0.4, 0.5) is 5.82 Å². The van der Waals surface area contributed by atoms with E-state index in [1.807, 2.05) is 6.07 Å². The van der Waals surface area contributed by atoms with Gasteiger partial charge in [-0.1, -0.05) is 11.6 Å². The smallest absolute Gasteiger partial charge is 0.123 e. The molecule has 2 N–H and O–H groups in total. The molecule has 2 aliphatic rings. The highest BCUT2D eigenvalue weighted by Crippen LogP contribution is 2.22. The third-order valence-corrected chi connectivity index (χ3v) is 4.47. The van der Waals surface area contributed by atoms with Crippen LogP contribution < -0.4 is 5.73 Å². The minimum Gasteiger partial charge on any atom is -0.384 e. The Bertz CT molecular complexity index is 464. The zero-order valence-electron chi connectivity index (χ0n) is 11.6. The number of hydrogen-bond acceptors (Lipinski definition) is 5. The number of ether oxygens (including phenoxy) is 1. The van der Waals surface area contributed by atoms with Gasteiger partial charge in [-0.2, -0.15) is 0 Å². The molecule has 5 nitrogen and oxygen atoms in total. The molecule has 1 unspecified atom stereocenters. The van der Waals surface area contributed by atoms with E-state index in [0.717, 1.165) is 51.6 Å². The van der Waals surface area contributed by atoms with Gasteiger partial charge in [-0.05, 0) is 18.6 Å². The molecule has 0 saturated carbocycles. The van der Waals surface area contributed by atoms with E-state index in [1.54, 1.807) is 6.07 Å². The van der Waals surface area contributed by atoms with Crippen molar-refractivity contribution < 1.29 is 4.74 Å². The summed E-state index contributed by atoms with van der Waals surface area (Å²) in [6.45, 7) is 6.77. The number of nitrogens with zero attached hydrogens (tertiary/aromatic N) is 3. The van der Waals surface area contributed by atoms with E-state index in [-0.39, 0.29) is 0 Å². The number of halogens is 1. The van der Waals surface area contributed by atoms with E-state index in [4.69, 9.17) is 22.1 Å². The quantitative estimate of drug-likeness (QED) is 0.909. The average Bonchev–Trinajstić information content (AvgIpc) is 2.92. The molecule has 1 atom stereocenters. The molecule has 0 spiro atoms. The molecule has 3 heterocycles. The summed E-state index contributed by atoms with van der Waals surface area (Å²) in [6.07, 6.45) is 1.21. The Labute approximate surface area is 124 Å². The summed E-state index contributed by atoms with van der Waals surface area (Å²) in [7, 11) is 0. The first-order valence-corrected chi connectivity index (χ1v) is 7.55. The first kappa shape index (κ1) is 14.1. The average molecular weight is 297 g/mol. The lowest BCUT2D eigenvalue weighted by Gasteiger charge is -2.32. The number of likely N-dealkylation sites (tertiary alicyclic amines) is 1. The van der Waals surface area contributed by atoms with Crippen molar-refractivity contribution in [3.63, 3.8) is 0 Å². The largest absolute Gasteiger partial charge is 0.384 e. The van der Waals surface area contributed by atoms with Gasteiger partial charge in [0.1, 0.15) is 5.82 Å². The summed E-state index contributed by atoms with van der Waals surface area (Å²) >= 11 is 6.19. The highest BCUT2D eigenvalue weighted by Gasteiger charge is 2.29. The Hall–Kier alpha value is -0.880. The van der Waals surface area contributed by atoms with Crippen LogP contribution in [0.1, 0.15) is 12.1 Å². The second-order valence-corrected chi connectivity index (χ2v) is 5.90. The van der Waals surface area contributed by atoms with Crippen LogP contribution >= 0.6 is 11.6 Å². The molecule has 0 aliphatic carbocycles. The molecule has 20 heavy (non-hydrogen) atoms. The molecule has 3 rings (SSSR count). The Morgan fingerprint density at radius 1 is 1.30 bits per heavy atom. The number of rotatable bonds is 3. The van der Waals surface area contributed by atoms with Gasteiger partial charge in [0.05, 0.1) is 23.9 Å². The SMILES string of the molecule is Nc1ccc(Cl)c(CN2CCC(N3CCOCC3)C2)n1. The fourth-order valence-corrected chi connectivity index (χ4v) is 3.19. The third-order valence-electron chi connectivity index (χ3n) is 4.12. The van der Waals surface area contributed by atoms with E-state index in [0.29, 0.717) is 16.9 Å². The van der Waals surface area contributed by atoms with Crippen molar-refractivity contribution in [2.45, 2.75) is 19.0 Å². The van der Waals surface area contributed by atoms with Crippen molar-refractivity contribution in [1.29, 1.82) is 0 Å². The summed E-state index contributed by atoms with van der Waals surface area (Å²) < 4.78 is 5.41. The zero-order valence-corrected chi connectivity index (χ0v) is 12.4. The van der Waals surface area contributed by atoms with Crippen LogP contribution in [-0.2, 0) is 11.3 Å². The van der Waals surface area contributed by atoms with Gasteiger partial charge in [0.2, 0.25) is 0 Å². The van der Waals surface area contributed by atoms with Gasteiger partial charge in [0.25, 0.3) is 0 Å². The van der Waals surface area contributed by atoms with Gasteiger partial charge in [-0.15, -0.1) is 0 Å². The predicted octanol–water partition coefficient (Wildman–Crippen LogP) is 1.22. The van der Waals surface area contributed by atoms with Gasteiger partial charge in [-0.3, -0.25) is 9.80 Å². The van der Waals surface area contributed by atoms with E-state index in [9.17, 15) is 0 Å². The van der Waals surface area contributed by atoms with E-state index in [1.165, 1.54) is 6.42 Å². The Morgan fingerprint density at radius 3 is 2.90 bits per heavy atom. The van der Waals surface area contributed by atoms with Crippen LogP contribution in [0.25, 0.3) is 0 Å². The topological polar surface area (TPSA) is 54.6 Å².